The molecule has 0 aromatic carbocycles. The Morgan fingerprint density at radius 1 is 1.43 bits per heavy atom. The molecule has 4 heteroatoms. The van der Waals surface area contributed by atoms with Crippen molar-refractivity contribution in [2.45, 2.75) is 33.2 Å². The van der Waals surface area contributed by atoms with Gasteiger partial charge in [0.15, 0.2) is 5.78 Å². The third-order valence-corrected chi connectivity index (χ3v) is 1.81. The first-order valence-corrected chi connectivity index (χ1v) is 4.68. The van der Waals surface area contributed by atoms with Crippen molar-refractivity contribution < 1.29 is 14.3 Å². The van der Waals surface area contributed by atoms with Crippen molar-refractivity contribution in [3.63, 3.8) is 0 Å². The average Bonchev–Trinajstić information content (AvgIpc) is 2.15. The summed E-state index contributed by atoms with van der Waals surface area (Å²) in [6, 6.07) is -0.374. The molecule has 0 aliphatic carbocycles. The summed E-state index contributed by atoms with van der Waals surface area (Å²) in [5.41, 5.74) is 0.403. The summed E-state index contributed by atoms with van der Waals surface area (Å²) in [7, 11) is 0. The van der Waals surface area contributed by atoms with Gasteiger partial charge in [0.05, 0.1) is 12.6 Å². The number of ether oxygens (including phenoxy) is 1. The number of hydrogen-bond donors (Lipinski definition) is 1. The standard InChI is InChI=1S/C10H17NO3/c1-5-9(12)7(3)8(4)11-10(13)14-6-2/h8H,3,5-6H2,1-2,4H3,(H,11,13). The van der Waals surface area contributed by atoms with E-state index in [4.69, 9.17) is 0 Å². The molecule has 0 saturated carbocycles. The van der Waals surface area contributed by atoms with Gasteiger partial charge in [-0.25, -0.2) is 4.79 Å². The van der Waals surface area contributed by atoms with E-state index in [0.29, 0.717) is 18.6 Å². The highest BCUT2D eigenvalue weighted by Crippen LogP contribution is 2.03. The highest BCUT2D eigenvalue weighted by Gasteiger charge is 2.15. The number of alkyl carbamates (subject to hydrolysis) is 1. The van der Waals surface area contributed by atoms with E-state index in [1.54, 1.807) is 20.8 Å². The molecule has 0 aliphatic rings. The lowest BCUT2D eigenvalue weighted by molar-refractivity contribution is -0.115. The van der Waals surface area contributed by atoms with Crippen LogP contribution in [-0.2, 0) is 9.53 Å². The van der Waals surface area contributed by atoms with Crippen molar-refractivity contribution in [2.75, 3.05) is 6.61 Å². The van der Waals surface area contributed by atoms with E-state index >= 15 is 0 Å². The number of carbonyl (C=O) groups excluding carboxylic acids is 2. The Labute approximate surface area is 84.3 Å². The van der Waals surface area contributed by atoms with Gasteiger partial charge in [0.1, 0.15) is 0 Å². The second-order valence-corrected chi connectivity index (χ2v) is 2.89. The summed E-state index contributed by atoms with van der Waals surface area (Å²) < 4.78 is 4.67. The summed E-state index contributed by atoms with van der Waals surface area (Å²) in [5, 5.41) is 2.51. The van der Waals surface area contributed by atoms with E-state index in [0.717, 1.165) is 0 Å². The van der Waals surface area contributed by atoms with Crippen LogP contribution in [0.3, 0.4) is 0 Å². The fourth-order valence-electron chi connectivity index (χ4n) is 0.905. The molecule has 1 atom stereocenters. The lowest BCUT2D eigenvalue weighted by Gasteiger charge is -2.14. The third-order valence-electron chi connectivity index (χ3n) is 1.81. The molecule has 0 aliphatic heterocycles. The summed E-state index contributed by atoms with van der Waals surface area (Å²) >= 11 is 0. The van der Waals surface area contributed by atoms with Gasteiger partial charge >= 0.3 is 6.09 Å². The molecule has 0 aromatic heterocycles. The largest absolute Gasteiger partial charge is 0.450 e. The molecule has 0 bridgehead atoms. The Morgan fingerprint density at radius 3 is 2.43 bits per heavy atom. The predicted molar refractivity (Wildman–Crippen MR) is 54.1 cm³/mol. The van der Waals surface area contributed by atoms with Gasteiger partial charge < -0.3 is 10.1 Å². The first kappa shape index (κ1) is 12.7. The fraction of sp³-hybridized carbons (Fsp3) is 0.600. The lowest BCUT2D eigenvalue weighted by atomic mass is 10.1. The molecule has 0 rings (SSSR count). The smallest absolute Gasteiger partial charge is 0.407 e. The van der Waals surface area contributed by atoms with Crippen molar-refractivity contribution >= 4 is 11.9 Å². The van der Waals surface area contributed by atoms with Gasteiger partial charge in [-0.05, 0) is 13.8 Å². The van der Waals surface area contributed by atoms with Crippen LogP contribution in [0.1, 0.15) is 27.2 Å². The van der Waals surface area contributed by atoms with Crippen LogP contribution < -0.4 is 5.32 Å². The van der Waals surface area contributed by atoms with Crippen molar-refractivity contribution in [2.24, 2.45) is 0 Å². The molecule has 0 fully saturated rings. The normalized spacial score (nSPS) is 11.6. The van der Waals surface area contributed by atoms with Gasteiger partial charge in [-0.2, -0.15) is 0 Å². The monoisotopic (exact) mass is 199 g/mol. The van der Waals surface area contributed by atoms with E-state index in [9.17, 15) is 9.59 Å². The number of nitrogens with one attached hydrogen (secondary N) is 1. The molecular formula is C10H17NO3. The molecule has 14 heavy (non-hydrogen) atoms. The maximum Gasteiger partial charge on any atom is 0.407 e. The number of amides is 1. The minimum atomic E-state index is -0.523. The van der Waals surface area contributed by atoms with Crippen LogP contribution in [0, 0.1) is 0 Å². The highest BCUT2D eigenvalue weighted by atomic mass is 16.5. The first-order chi connectivity index (χ1) is 6.52. The minimum Gasteiger partial charge on any atom is -0.450 e. The molecule has 4 nitrogen and oxygen atoms in total. The van der Waals surface area contributed by atoms with Gasteiger partial charge in [-0.3, -0.25) is 4.79 Å². The van der Waals surface area contributed by atoms with E-state index in [1.807, 2.05) is 0 Å². The second kappa shape index (κ2) is 6.18. The third kappa shape index (κ3) is 4.07. The summed E-state index contributed by atoms with van der Waals surface area (Å²) in [6.07, 6.45) is -0.127. The van der Waals surface area contributed by atoms with Gasteiger partial charge in [-0.15, -0.1) is 0 Å². The predicted octanol–water partition coefficient (Wildman–Crippen LogP) is 1.66. The Hall–Kier alpha value is -1.32. The van der Waals surface area contributed by atoms with E-state index in [2.05, 4.69) is 16.6 Å². The van der Waals surface area contributed by atoms with Crippen LogP contribution in [0.5, 0.6) is 0 Å². The van der Waals surface area contributed by atoms with Crippen molar-refractivity contribution in [1.29, 1.82) is 0 Å². The molecule has 0 heterocycles. The van der Waals surface area contributed by atoms with E-state index in [-0.39, 0.29) is 11.8 Å². The van der Waals surface area contributed by atoms with Crippen LogP contribution in [0.25, 0.3) is 0 Å². The molecule has 0 spiro atoms. The molecule has 1 unspecified atom stereocenters. The Bertz CT molecular complexity index is 236. The van der Waals surface area contributed by atoms with Crippen LogP contribution in [0.2, 0.25) is 0 Å². The first-order valence-electron chi connectivity index (χ1n) is 4.68. The lowest BCUT2D eigenvalue weighted by Crippen LogP contribution is -2.36. The van der Waals surface area contributed by atoms with Crippen LogP contribution in [0.15, 0.2) is 12.2 Å². The zero-order valence-corrected chi connectivity index (χ0v) is 8.92. The second-order valence-electron chi connectivity index (χ2n) is 2.89. The Morgan fingerprint density at radius 2 is 2.00 bits per heavy atom. The summed E-state index contributed by atoms with van der Waals surface area (Å²) in [6.45, 7) is 9.11. The van der Waals surface area contributed by atoms with E-state index < -0.39 is 6.09 Å². The highest BCUT2D eigenvalue weighted by molar-refractivity contribution is 5.96. The topological polar surface area (TPSA) is 55.4 Å². The van der Waals surface area contributed by atoms with Crippen molar-refractivity contribution in [3.05, 3.63) is 12.2 Å². The number of ketones is 1. The van der Waals surface area contributed by atoms with Gasteiger partial charge in [0, 0.05) is 12.0 Å². The minimum absolute atomic E-state index is 0.0469. The van der Waals surface area contributed by atoms with Crippen molar-refractivity contribution in [1.82, 2.24) is 5.32 Å². The summed E-state index contributed by atoms with van der Waals surface area (Å²) in [4.78, 5) is 22.2. The van der Waals surface area contributed by atoms with Crippen molar-refractivity contribution in [3.8, 4) is 0 Å². The molecule has 0 aromatic rings. The van der Waals surface area contributed by atoms with Crippen LogP contribution in [0.4, 0.5) is 4.79 Å². The molecular weight excluding hydrogens is 182 g/mol. The summed E-state index contributed by atoms with van der Waals surface area (Å²) in [5.74, 6) is -0.0469. The molecule has 80 valence electrons. The van der Waals surface area contributed by atoms with Gasteiger partial charge in [0.2, 0.25) is 0 Å². The maximum atomic E-state index is 11.2. The van der Waals surface area contributed by atoms with Crippen LogP contribution in [-0.4, -0.2) is 24.5 Å². The van der Waals surface area contributed by atoms with E-state index in [1.165, 1.54) is 0 Å². The zero-order valence-electron chi connectivity index (χ0n) is 8.92. The number of Topliss-reactive ketones (excluding diaryl/α,β-unsaturated/α-hetero) is 1. The Kier molecular flexibility index (Phi) is 5.60. The fourth-order valence-corrected chi connectivity index (χ4v) is 0.905. The molecule has 0 saturated heterocycles. The Balaban J connectivity index is 4.07. The molecule has 1 N–H and O–H groups in total. The maximum absolute atomic E-state index is 11.2. The number of hydrogen-bond acceptors (Lipinski definition) is 3. The average molecular weight is 199 g/mol. The quantitative estimate of drug-likeness (QED) is 0.685. The van der Waals surface area contributed by atoms with Gasteiger partial charge in [0.25, 0.3) is 0 Å². The number of rotatable bonds is 5. The van der Waals surface area contributed by atoms with Gasteiger partial charge in [-0.1, -0.05) is 13.5 Å². The SMILES string of the molecule is C=C(C(=O)CC)C(C)NC(=O)OCC. The van der Waals surface area contributed by atoms with Crippen LogP contribution >= 0.6 is 0 Å². The molecule has 1 amide bonds. The molecule has 0 radical (unpaired) electrons. The number of carbonyl (C=O) groups is 2. The zero-order chi connectivity index (χ0) is 11.1.